The molecule has 1 atom stereocenters. The van der Waals surface area contributed by atoms with E-state index in [9.17, 15) is 13.6 Å². The number of anilines is 2. The van der Waals surface area contributed by atoms with Gasteiger partial charge in [0, 0.05) is 24.3 Å². The molecule has 6 nitrogen and oxygen atoms in total. The van der Waals surface area contributed by atoms with Gasteiger partial charge in [-0.2, -0.15) is 13.5 Å². The van der Waals surface area contributed by atoms with Crippen molar-refractivity contribution in [3.05, 3.63) is 64.9 Å². The summed E-state index contributed by atoms with van der Waals surface area (Å²) in [6, 6.07) is 10.0. The van der Waals surface area contributed by atoms with Crippen molar-refractivity contribution in [1.82, 2.24) is 14.5 Å². The number of nitrogens with one attached hydrogen (secondary N) is 1. The summed E-state index contributed by atoms with van der Waals surface area (Å²) < 4.78 is 29.6. The fourth-order valence-corrected chi connectivity index (χ4v) is 4.71. The van der Waals surface area contributed by atoms with Crippen LogP contribution in [-0.2, 0) is 17.9 Å². The molecule has 1 amide bonds. The van der Waals surface area contributed by atoms with Gasteiger partial charge in [-0.1, -0.05) is 30.9 Å². The summed E-state index contributed by atoms with van der Waals surface area (Å²) in [5.41, 5.74) is 8.05. The van der Waals surface area contributed by atoms with Crippen LogP contribution in [0.4, 0.5) is 20.3 Å². The topological polar surface area (TPSA) is 76.2 Å². The first-order valence-corrected chi connectivity index (χ1v) is 11.9. The number of imidazole rings is 1. The number of rotatable bonds is 6. The molecular formula is C25H28ClF2N5OS. The number of amides is 1. The summed E-state index contributed by atoms with van der Waals surface area (Å²) in [7, 11) is 0. The van der Waals surface area contributed by atoms with E-state index in [0.29, 0.717) is 54.1 Å². The monoisotopic (exact) mass is 519 g/mol. The van der Waals surface area contributed by atoms with Gasteiger partial charge in [0.2, 0.25) is 5.91 Å². The average molecular weight is 520 g/mol. The molecule has 10 heteroatoms. The van der Waals surface area contributed by atoms with E-state index in [4.69, 9.17) is 22.3 Å². The van der Waals surface area contributed by atoms with Gasteiger partial charge in [0.05, 0.1) is 17.6 Å². The Kier molecular flexibility index (Phi) is 7.68. The van der Waals surface area contributed by atoms with Crippen LogP contribution in [0.3, 0.4) is 0 Å². The highest BCUT2D eigenvalue weighted by Gasteiger charge is 2.31. The number of aromatic nitrogens is 2. The molecule has 0 radical (unpaired) electrons. The second-order valence-corrected chi connectivity index (χ2v) is 9.44. The van der Waals surface area contributed by atoms with Crippen molar-refractivity contribution >= 4 is 42.5 Å². The Labute approximate surface area is 214 Å². The molecule has 1 aliphatic heterocycles. The Hall–Kier alpha value is -2.62. The number of halogens is 3. The van der Waals surface area contributed by atoms with Crippen molar-refractivity contribution in [3.8, 4) is 11.3 Å². The van der Waals surface area contributed by atoms with Crippen molar-refractivity contribution in [2.75, 3.05) is 11.9 Å². The lowest BCUT2D eigenvalue weighted by atomic mass is 9.81. The molecule has 1 aromatic heterocycles. The largest absolute Gasteiger partial charge is 0.340 e. The van der Waals surface area contributed by atoms with Crippen molar-refractivity contribution in [1.29, 1.82) is 0 Å². The van der Waals surface area contributed by atoms with Crippen LogP contribution in [-0.4, -0.2) is 32.9 Å². The van der Waals surface area contributed by atoms with Gasteiger partial charge in [0.1, 0.15) is 29.0 Å². The third-order valence-corrected chi connectivity index (χ3v) is 7.02. The van der Waals surface area contributed by atoms with E-state index in [1.54, 1.807) is 23.1 Å². The zero-order valence-corrected chi connectivity index (χ0v) is 20.9. The lowest BCUT2D eigenvalue weighted by Gasteiger charge is -2.33. The van der Waals surface area contributed by atoms with E-state index < -0.39 is 11.9 Å². The van der Waals surface area contributed by atoms with Gasteiger partial charge in [-0.25, -0.2) is 13.8 Å². The first kappa shape index (κ1) is 25.5. The van der Waals surface area contributed by atoms with Gasteiger partial charge in [0.15, 0.2) is 0 Å². The zero-order valence-electron chi connectivity index (χ0n) is 19.1. The molecule has 0 spiro atoms. The fraction of sp³-hybridized carbons (Fsp3) is 0.360. The van der Waals surface area contributed by atoms with Crippen LogP contribution in [0.5, 0.6) is 0 Å². The summed E-state index contributed by atoms with van der Waals surface area (Å²) in [4.78, 5) is 19.5. The molecule has 3 N–H and O–H groups in total. The highest BCUT2D eigenvalue weighted by molar-refractivity contribution is 7.59. The highest BCUT2D eigenvalue weighted by atomic mass is 35.5. The predicted octanol–water partition coefficient (Wildman–Crippen LogP) is 5.20. The molecule has 0 bridgehead atoms. The normalized spacial score (nSPS) is 16.2. The van der Waals surface area contributed by atoms with Gasteiger partial charge in [-0.05, 0) is 54.8 Å². The van der Waals surface area contributed by atoms with Crippen LogP contribution < -0.4 is 11.1 Å². The maximum Gasteiger partial charge on any atom is 0.239 e. The number of hydrogen-bond acceptors (Lipinski definition) is 4. The van der Waals surface area contributed by atoms with Crippen LogP contribution >= 0.6 is 25.1 Å². The summed E-state index contributed by atoms with van der Waals surface area (Å²) >= 11 is 5.83. The number of benzene rings is 2. The minimum atomic E-state index is -0.536. The number of nitrogens with zero attached hydrogens (tertiary/aromatic N) is 3. The number of fused-ring (bicyclic) bond motifs is 1. The molecule has 186 valence electrons. The van der Waals surface area contributed by atoms with Gasteiger partial charge < -0.3 is 20.5 Å². The summed E-state index contributed by atoms with van der Waals surface area (Å²) in [6.07, 6.45) is 4.23. The van der Waals surface area contributed by atoms with Crippen LogP contribution in [0.1, 0.15) is 31.5 Å². The lowest BCUT2D eigenvalue weighted by Crippen LogP contribution is -2.48. The molecule has 2 heterocycles. The SMILES string of the molecule is N[C@@H](CC1CCC1)C(=O)N1CCn2c(nc(-c3ccc(F)cc3)c2Nc2ccc(Cl)c(F)c2)C1.S. The third-order valence-electron chi connectivity index (χ3n) is 6.71. The number of carbonyl (C=O) groups is 1. The fourth-order valence-electron chi connectivity index (χ4n) is 4.59. The third kappa shape index (κ3) is 5.32. The number of carbonyl (C=O) groups excluding carboxylic acids is 1. The number of nitrogens with two attached hydrogens (primary N) is 1. The zero-order chi connectivity index (χ0) is 23.8. The van der Waals surface area contributed by atoms with Gasteiger partial charge in [0.25, 0.3) is 0 Å². The molecule has 5 rings (SSSR count). The second kappa shape index (κ2) is 10.6. The molecule has 2 aromatic carbocycles. The first-order chi connectivity index (χ1) is 16.4. The van der Waals surface area contributed by atoms with Gasteiger partial charge in [-0.15, -0.1) is 0 Å². The predicted molar refractivity (Wildman–Crippen MR) is 138 cm³/mol. The Morgan fingerprint density at radius 1 is 1.17 bits per heavy atom. The van der Waals surface area contributed by atoms with Crippen molar-refractivity contribution in [2.24, 2.45) is 11.7 Å². The van der Waals surface area contributed by atoms with Gasteiger partial charge >= 0.3 is 0 Å². The smallest absolute Gasteiger partial charge is 0.239 e. The summed E-state index contributed by atoms with van der Waals surface area (Å²) in [5.74, 6) is 0.941. The van der Waals surface area contributed by atoms with Crippen LogP contribution in [0.15, 0.2) is 42.5 Å². The van der Waals surface area contributed by atoms with Crippen molar-refractivity contribution in [3.63, 3.8) is 0 Å². The Balaban J connectivity index is 0.00000289. The van der Waals surface area contributed by atoms with Crippen molar-refractivity contribution in [2.45, 2.75) is 44.8 Å². The minimum absolute atomic E-state index is 0. The summed E-state index contributed by atoms with van der Waals surface area (Å²) in [6.45, 7) is 1.32. The molecule has 1 saturated carbocycles. The number of hydrogen-bond donors (Lipinski definition) is 2. The quantitative estimate of drug-likeness (QED) is 0.469. The molecule has 1 aliphatic carbocycles. The molecular weight excluding hydrogens is 492 g/mol. The van der Waals surface area contributed by atoms with E-state index in [1.165, 1.54) is 30.7 Å². The Morgan fingerprint density at radius 3 is 2.57 bits per heavy atom. The minimum Gasteiger partial charge on any atom is -0.340 e. The van der Waals surface area contributed by atoms with E-state index >= 15 is 0 Å². The van der Waals surface area contributed by atoms with E-state index in [2.05, 4.69) is 5.32 Å². The van der Waals surface area contributed by atoms with E-state index in [1.807, 2.05) is 4.57 Å². The van der Waals surface area contributed by atoms with E-state index in [0.717, 1.165) is 19.3 Å². The van der Waals surface area contributed by atoms with Crippen molar-refractivity contribution < 1.29 is 13.6 Å². The van der Waals surface area contributed by atoms with Gasteiger partial charge in [-0.3, -0.25) is 4.79 Å². The summed E-state index contributed by atoms with van der Waals surface area (Å²) in [5, 5.41) is 3.28. The van der Waals surface area contributed by atoms with Crippen LogP contribution in [0.2, 0.25) is 5.02 Å². The molecule has 1 fully saturated rings. The maximum absolute atomic E-state index is 14.1. The molecule has 3 aromatic rings. The van der Waals surface area contributed by atoms with Crippen LogP contribution in [0.25, 0.3) is 11.3 Å². The average Bonchev–Trinajstić information content (AvgIpc) is 3.16. The first-order valence-electron chi connectivity index (χ1n) is 11.5. The van der Waals surface area contributed by atoms with E-state index in [-0.39, 0.29) is 30.2 Å². The molecule has 35 heavy (non-hydrogen) atoms. The second-order valence-electron chi connectivity index (χ2n) is 9.04. The molecule has 0 saturated heterocycles. The Bertz CT molecular complexity index is 1220. The molecule has 2 aliphatic rings. The molecule has 0 unspecified atom stereocenters. The standard InChI is InChI=1S/C25H26ClF2N5O.H2S/c26-19-9-8-18(13-20(19)28)30-24-23(16-4-6-17(27)7-5-16)31-22-14-32(10-11-33(22)24)25(34)21(29)12-15-2-1-3-15;/h4-9,13,15,21,30H,1-3,10-12,14,29H2;1H2/t21-;/m0./s1. The highest BCUT2D eigenvalue weighted by Crippen LogP contribution is 2.35. The maximum atomic E-state index is 14.1. The lowest BCUT2D eigenvalue weighted by molar-refractivity contribution is -0.134. The Morgan fingerprint density at radius 2 is 1.91 bits per heavy atom. The van der Waals surface area contributed by atoms with Crippen LogP contribution in [0, 0.1) is 17.6 Å².